The molecule has 0 spiro atoms. The molecule has 20 heavy (non-hydrogen) atoms. The number of aromatic carboxylic acids is 1. The maximum absolute atomic E-state index is 13.3. The molecule has 0 saturated carbocycles. The maximum Gasteiger partial charge on any atom is 0.338 e. The van der Waals surface area contributed by atoms with E-state index >= 15 is 0 Å². The third kappa shape index (κ3) is 2.05. The van der Waals surface area contributed by atoms with E-state index in [4.69, 9.17) is 9.52 Å². The second kappa shape index (κ2) is 4.61. The summed E-state index contributed by atoms with van der Waals surface area (Å²) in [5.74, 6) is -1.78. The van der Waals surface area contributed by atoms with Crippen LogP contribution in [-0.4, -0.2) is 26.3 Å². The lowest BCUT2D eigenvalue weighted by molar-refractivity contribution is 0.0692. The standard InChI is InChI=1S/C13H8FN3O3/c14-9-4-3-7(6-8(9)13(18)19)11-16-17-12(20-11)10-2-1-5-15-10/h1-6,15H,(H,18,19). The van der Waals surface area contributed by atoms with E-state index in [9.17, 15) is 9.18 Å². The summed E-state index contributed by atoms with van der Waals surface area (Å²) >= 11 is 0. The molecule has 100 valence electrons. The number of carboxylic acid groups (broad SMARTS) is 1. The van der Waals surface area contributed by atoms with Gasteiger partial charge in [0.25, 0.3) is 5.89 Å². The summed E-state index contributed by atoms with van der Waals surface area (Å²) in [5, 5.41) is 16.5. The summed E-state index contributed by atoms with van der Waals surface area (Å²) in [6.45, 7) is 0. The second-order valence-corrected chi connectivity index (χ2v) is 4.00. The molecule has 6 nitrogen and oxygen atoms in total. The summed E-state index contributed by atoms with van der Waals surface area (Å²) in [4.78, 5) is 13.8. The molecule has 0 atom stereocenters. The predicted octanol–water partition coefficient (Wildman–Crippen LogP) is 2.57. The Balaban J connectivity index is 2.02. The van der Waals surface area contributed by atoms with Crippen LogP contribution in [0.4, 0.5) is 4.39 Å². The molecule has 0 aliphatic heterocycles. The van der Waals surface area contributed by atoms with Gasteiger partial charge in [-0.3, -0.25) is 0 Å². The first-order valence-electron chi connectivity index (χ1n) is 5.65. The number of rotatable bonds is 3. The summed E-state index contributed by atoms with van der Waals surface area (Å²) in [7, 11) is 0. The minimum atomic E-state index is -1.35. The number of aromatic amines is 1. The van der Waals surface area contributed by atoms with E-state index in [0.717, 1.165) is 12.1 Å². The number of hydrogen-bond donors (Lipinski definition) is 2. The molecule has 2 heterocycles. The first-order chi connectivity index (χ1) is 9.65. The number of carbonyl (C=O) groups is 1. The van der Waals surface area contributed by atoms with Crippen LogP contribution in [0.1, 0.15) is 10.4 Å². The number of nitrogens with one attached hydrogen (secondary N) is 1. The molecule has 0 unspecified atom stereocenters. The van der Waals surface area contributed by atoms with Crippen LogP contribution in [0.2, 0.25) is 0 Å². The average Bonchev–Trinajstić information content (AvgIpc) is 3.09. The molecule has 0 fully saturated rings. The molecular weight excluding hydrogens is 265 g/mol. The summed E-state index contributed by atoms with van der Waals surface area (Å²) in [6, 6.07) is 7.12. The van der Waals surface area contributed by atoms with E-state index in [1.54, 1.807) is 18.3 Å². The topological polar surface area (TPSA) is 92.0 Å². The van der Waals surface area contributed by atoms with E-state index in [-0.39, 0.29) is 11.8 Å². The van der Waals surface area contributed by atoms with Gasteiger partial charge in [-0.25, -0.2) is 9.18 Å². The molecule has 0 bridgehead atoms. The molecule has 0 aliphatic rings. The smallest absolute Gasteiger partial charge is 0.338 e. The fraction of sp³-hybridized carbons (Fsp3) is 0. The van der Waals surface area contributed by atoms with E-state index in [0.29, 0.717) is 11.3 Å². The van der Waals surface area contributed by atoms with Gasteiger partial charge in [-0.2, -0.15) is 0 Å². The van der Waals surface area contributed by atoms with Crippen LogP contribution in [0.5, 0.6) is 0 Å². The molecule has 0 aliphatic carbocycles. The Kier molecular flexibility index (Phi) is 2.79. The van der Waals surface area contributed by atoms with Gasteiger partial charge in [0.05, 0.1) is 5.56 Å². The molecule has 2 aromatic heterocycles. The highest BCUT2D eigenvalue weighted by molar-refractivity contribution is 5.89. The monoisotopic (exact) mass is 273 g/mol. The SMILES string of the molecule is O=C(O)c1cc(-c2nnc(-c3ccc[nH]3)o2)ccc1F. The highest BCUT2D eigenvalue weighted by atomic mass is 19.1. The van der Waals surface area contributed by atoms with Crippen LogP contribution in [0.3, 0.4) is 0 Å². The lowest BCUT2D eigenvalue weighted by atomic mass is 10.1. The van der Waals surface area contributed by atoms with E-state index in [2.05, 4.69) is 15.2 Å². The summed E-state index contributed by atoms with van der Waals surface area (Å²) < 4.78 is 18.7. The van der Waals surface area contributed by atoms with Crippen LogP contribution in [-0.2, 0) is 0 Å². The van der Waals surface area contributed by atoms with Crippen molar-refractivity contribution in [1.29, 1.82) is 0 Å². The molecule has 3 aromatic rings. The van der Waals surface area contributed by atoms with E-state index < -0.39 is 17.3 Å². The minimum Gasteiger partial charge on any atom is -0.478 e. The molecule has 2 N–H and O–H groups in total. The molecule has 0 saturated heterocycles. The third-order valence-electron chi connectivity index (χ3n) is 2.70. The van der Waals surface area contributed by atoms with Crippen molar-refractivity contribution in [2.75, 3.05) is 0 Å². The Hall–Kier alpha value is -2.96. The van der Waals surface area contributed by atoms with Crippen molar-refractivity contribution in [3.63, 3.8) is 0 Å². The van der Waals surface area contributed by atoms with Crippen molar-refractivity contribution < 1.29 is 18.7 Å². The average molecular weight is 273 g/mol. The van der Waals surface area contributed by atoms with Crippen molar-refractivity contribution in [3.05, 3.63) is 47.9 Å². The van der Waals surface area contributed by atoms with Crippen LogP contribution in [0.15, 0.2) is 40.9 Å². The number of hydrogen-bond acceptors (Lipinski definition) is 4. The number of nitrogens with zero attached hydrogens (tertiary/aromatic N) is 2. The quantitative estimate of drug-likeness (QED) is 0.765. The van der Waals surface area contributed by atoms with Gasteiger partial charge >= 0.3 is 5.97 Å². The lowest BCUT2D eigenvalue weighted by Crippen LogP contribution is -2.00. The Labute approximate surface area is 111 Å². The molecule has 3 rings (SSSR count). The zero-order chi connectivity index (χ0) is 14.1. The van der Waals surface area contributed by atoms with Gasteiger partial charge in [-0.05, 0) is 30.3 Å². The van der Waals surface area contributed by atoms with E-state index in [1.807, 2.05) is 0 Å². The number of aromatic nitrogens is 3. The largest absolute Gasteiger partial charge is 0.478 e. The Bertz CT molecular complexity index is 765. The van der Waals surface area contributed by atoms with Crippen LogP contribution in [0, 0.1) is 5.82 Å². The van der Waals surface area contributed by atoms with Gasteiger partial charge in [0.1, 0.15) is 11.5 Å². The Morgan fingerprint density at radius 1 is 1.25 bits per heavy atom. The highest BCUT2D eigenvalue weighted by Gasteiger charge is 2.15. The number of benzene rings is 1. The van der Waals surface area contributed by atoms with Gasteiger partial charge in [-0.15, -0.1) is 10.2 Å². The fourth-order valence-electron chi connectivity index (χ4n) is 1.73. The van der Waals surface area contributed by atoms with E-state index in [1.165, 1.54) is 6.07 Å². The minimum absolute atomic E-state index is 0.122. The number of halogens is 1. The van der Waals surface area contributed by atoms with Crippen molar-refractivity contribution in [3.8, 4) is 23.0 Å². The first-order valence-corrected chi connectivity index (χ1v) is 5.65. The normalized spacial score (nSPS) is 10.7. The zero-order valence-corrected chi connectivity index (χ0v) is 10.0. The highest BCUT2D eigenvalue weighted by Crippen LogP contribution is 2.24. The number of carboxylic acids is 1. The summed E-state index contributed by atoms with van der Waals surface area (Å²) in [6.07, 6.45) is 1.71. The fourth-order valence-corrected chi connectivity index (χ4v) is 1.73. The zero-order valence-electron chi connectivity index (χ0n) is 10.0. The summed E-state index contributed by atoms with van der Waals surface area (Å²) in [5.41, 5.74) is 0.542. The molecular formula is C13H8FN3O3. The van der Waals surface area contributed by atoms with Gasteiger partial charge in [0.15, 0.2) is 0 Å². The van der Waals surface area contributed by atoms with Crippen LogP contribution in [0.25, 0.3) is 23.0 Å². The maximum atomic E-state index is 13.3. The van der Waals surface area contributed by atoms with Gasteiger partial charge in [0, 0.05) is 11.8 Å². The first kappa shape index (κ1) is 12.1. The van der Waals surface area contributed by atoms with Crippen molar-refractivity contribution in [2.45, 2.75) is 0 Å². The van der Waals surface area contributed by atoms with Crippen molar-refractivity contribution in [2.24, 2.45) is 0 Å². The Morgan fingerprint density at radius 2 is 2.05 bits per heavy atom. The molecule has 0 radical (unpaired) electrons. The lowest BCUT2D eigenvalue weighted by Gasteiger charge is -1.99. The van der Waals surface area contributed by atoms with Gasteiger partial charge in [-0.1, -0.05) is 0 Å². The van der Waals surface area contributed by atoms with Gasteiger partial charge in [0.2, 0.25) is 5.89 Å². The molecule has 0 amide bonds. The van der Waals surface area contributed by atoms with Crippen LogP contribution >= 0.6 is 0 Å². The van der Waals surface area contributed by atoms with Crippen molar-refractivity contribution in [1.82, 2.24) is 15.2 Å². The number of H-pyrrole nitrogens is 1. The predicted molar refractivity (Wildman–Crippen MR) is 66.4 cm³/mol. The van der Waals surface area contributed by atoms with Crippen molar-refractivity contribution >= 4 is 5.97 Å². The van der Waals surface area contributed by atoms with Gasteiger partial charge < -0.3 is 14.5 Å². The molecule has 1 aromatic carbocycles. The second-order valence-electron chi connectivity index (χ2n) is 4.00. The molecule has 7 heteroatoms. The Morgan fingerprint density at radius 3 is 2.75 bits per heavy atom. The van der Waals surface area contributed by atoms with Crippen LogP contribution < -0.4 is 0 Å². The third-order valence-corrected chi connectivity index (χ3v) is 2.70.